The van der Waals surface area contributed by atoms with Crippen molar-refractivity contribution in [2.45, 2.75) is 64.6 Å². The molecule has 0 atom stereocenters. The number of benzene rings is 1. The number of aryl methyl sites for hydroxylation is 1. The number of hydrogen-bond acceptors (Lipinski definition) is 3. The van der Waals surface area contributed by atoms with E-state index in [0.29, 0.717) is 11.5 Å². The Bertz CT molecular complexity index is 469. The van der Waals surface area contributed by atoms with E-state index in [1.807, 2.05) is 24.3 Å². The maximum atomic E-state index is 8.80. The molecule has 0 N–H and O–H groups in total. The molecule has 3 nitrogen and oxygen atoms in total. The summed E-state index contributed by atoms with van der Waals surface area (Å²) in [7, 11) is 0. The third-order valence-electron chi connectivity index (χ3n) is 4.50. The van der Waals surface area contributed by atoms with Gasteiger partial charge in [-0.15, -0.1) is 0 Å². The minimum Gasteiger partial charge on any atom is -0.352 e. The molecule has 2 rings (SSSR count). The van der Waals surface area contributed by atoms with Gasteiger partial charge in [-0.3, -0.25) is 0 Å². The number of rotatable bonds is 9. The minimum atomic E-state index is -0.0676. The van der Waals surface area contributed by atoms with Crippen molar-refractivity contribution in [3.8, 4) is 6.07 Å². The van der Waals surface area contributed by atoms with Crippen molar-refractivity contribution in [3.63, 3.8) is 0 Å². The molecule has 1 heterocycles. The topological polar surface area (TPSA) is 42.2 Å². The predicted octanol–water partition coefficient (Wildman–Crippen LogP) is 4.84. The highest BCUT2D eigenvalue weighted by Gasteiger charge is 2.21. The Hall–Kier alpha value is -1.37. The zero-order chi connectivity index (χ0) is 16.3. The first-order valence-electron chi connectivity index (χ1n) is 9.04. The quantitative estimate of drug-likeness (QED) is 0.612. The molecule has 0 aromatic heterocycles. The van der Waals surface area contributed by atoms with Crippen LogP contribution in [-0.2, 0) is 15.9 Å². The molecule has 0 unspecified atom stereocenters. The van der Waals surface area contributed by atoms with Crippen molar-refractivity contribution in [3.05, 3.63) is 35.4 Å². The lowest BCUT2D eigenvalue weighted by atomic mass is 10.0. The van der Waals surface area contributed by atoms with Crippen molar-refractivity contribution < 1.29 is 9.47 Å². The second-order valence-corrected chi connectivity index (χ2v) is 6.51. The van der Waals surface area contributed by atoms with Crippen LogP contribution < -0.4 is 0 Å². The molecule has 0 amide bonds. The van der Waals surface area contributed by atoms with Gasteiger partial charge < -0.3 is 9.47 Å². The SMILES string of the molecule is CCCCCCCC1COC(CCc2ccc(C#N)cc2)OC1. The van der Waals surface area contributed by atoms with Crippen LogP contribution in [0.4, 0.5) is 0 Å². The standard InChI is InChI=1S/C20H29NO2/c1-2-3-4-5-6-7-19-15-22-20(23-16-19)13-12-17-8-10-18(14-21)11-9-17/h8-11,19-20H,2-7,12-13,15-16H2,1H3. The third-order valence-corrected chi connectivity index (χ3v) is 4.50. The molecule has 0 bridgehead atoms. The van der Waals surface area contributed by atoms with E-state index >= 15 is 0 Å². The van der Waals surface area contributed by atoms with Gasteiger partial charge in [0.2, 0.25) is 0 Å². The summed E-state index contributed by atoms with van der Waals surface area (Å²) in [6, 6.07) is 9.91. The van der Waals surface area contributed by atoms with E-state index in [1.54, 1.807) is 0 Å². The Labute approximate surface area is 140 Å². The van der Waals surface area contributed by atoms with Gasteiger partial charge in [0.1, 0.15) is 0 Å². The Morgan fingerprint density at radius 2 is 1.70 bits per heavy atom. The monoisotopic (exact) mass is 315 g/mol. The molecule has 0 aliphatic carbocycles. The van der Waals surface area contributed by atoms with Crippen LogP contribution in [0.2, 0.25) is 0 Å². The number of nitriles is 1. The van der Waals surface area contributed by atoms with Crippen LogP contribution >= 0.6 is 0 Å². The van der Waals surface area contributed by atoms with Crippen LogP contribution in [-0.4, -0.2) is 19.5 Å². The fourth-order valence-electron chi connectivity index (χ4n) is 2.98. The van der Waals surface area contributed by atoms with Crippen molar-refractivity contribution in [1.29, 1.82) is 5.26 Å². The van der Waals surface area contributed by atoms with Crippen LogP contribution in [0.3, 0.4) is 0 Å². The molecular formula is C20H29NO2. The molecule has 1 aliphatic rings. The zero-order valence-electron chi connectivity index (χ0n) is 14.3. The lowest BCUT2D eigenvalue weighted by molar-refractivity contribution is -0.203. The van der Waals surface area contributed by atoms with E-state index < -0.39 is 0 Å². The first kappa shape index (κ1) is 18.0. The average molecular weight is 315 g/mol. The number of ether oxygens (including phenoxy) is 2. The van der Waals surface area contributed by atoms with Gasteiger partial charge in [0.25, 0.3) is 0 Å². The van der Waals surface area contributed by atoms with Gasteiger partial charge in [-0.2, -0.15) is 5.26 Å². The van der Waals surface area contributed by atoms with Gasteiger partial charge in [0.05, 0.1) is 24.8 Å². The third kappa shape index (κ3) is 6.72. The lowest BCUT2D eigenvalue weighted by Gasteiger charge is -2.29. The minimum absolute atomic E-state index is 0.0676. The zero-order valence-corrected chi connectivity index (χ0v) is 14.3. The maximum absolute atomic E-state index is 8.80. The molecule has 1 fully saturated rings. The summed E-state index contributed by atoms with van der Waals surface area (Å²) in [5.74, 6) is 0.572. The molecule has 0 radical (unpaired) electrons. The van der Waals surface area contributed by atoms with Crippen LogP contribution in [0, 0.1) is 17.2 Å². The summed E-state index contributed by atoms with van der Waals surface area (Å²) >= 11 is 0. The highest BCUT2D eigenvalue weighted by molar-refractivity contribution is 5.31. The molecule has 126 valence electrons. The predicted molar refractivity (Wildman–Crippen MR) is 92.0 cm³/mol. The largest absolute Gasteiger partial charge is 0.352 e. The van der Waals surface area contributed by atoms with Gasteiger partial charge in [0.15, 0.2) is 6.29 Å². The summed E-state index contributed by atoms with van der Waals surface area (Å²) in [4.78, 5) is 0. The molecule has 0 spiro atoms. The first-order chi connectivity index (χ1) is 11.3. The summed E-state index contributed by atoms with van der Waals surface area (Å²) in [6.07, 6.45) is 9.63. The number of unbranched alkanes of at least 4 members (excludes halogenated alkanes) is 4. The fourth-order valence-corrected chi connectivity index (χ4v) is 2.98. The average Bonchev–Trinajstić information content (AvgIpc) is 2.61. The Balaban J connectivity index is 1.58. The van der Waals surface area contributed by atoms with Crippen LogP contribution in [0.15, 0.2) is 24.3 Å². The molecule has 1 aliphatic heterocycles. The fraction of sp³-hybridized carbons (Fsp3) is 0.650. The van der Waals surface area contributed by atoms with Crippen molar-refractivity contribution in [2.24, 2.45) is 5.92 Å². The van der Waals surface area contributed by atoms with E-state index in [-0.39, 0.29) is 6.29 Å². The smallest absolute Gasteiger partial charge is 0.157 e. The number of hydrogen-bond donors (Lipinski definition) is 0. The summed E-state index contributed by atoms with van der Waals surface area (Å²) in [5, 5.41) is 8.80. The van der Waals surface area contributed by atoms with E-state index in [2.05, 4.69) is 13.0 Å². The van der Waals surface area contributed by atoms with Gasteiger partial charge in [0, 0.05) is 12.3 Å². The lowest BCUT2D eigenvalue weighted by Crippen LogP contribution is -2.32. The normalized spacial score (nSPS) is 21.0. The molecule has 23 heavy (non-hydrogen) atoms. The van der Waals surface area contributed by atoms with Crippen molar-refractivity contribution in [1.82, 2.24) is 0 Å². The summed E-state index contributed by atoms with van der Waals surface area (Å²) < 4.78 is 11.7. The molecule has 3 heteroatoms. The Morgan fingerprint density at radius 3 is 2.35 bits per heavy atom. The molecule has 0 saturated carbocycles. The summed E-state index contributed by atoms with van der Waals surface area (Å²) in [5.41, 5.74) is 1.94. The molecule has 1 saturated heterocycles. The first-order valence-corrected chi connectivity index (χ1v) is 9.04. The van der Waals surface area contributed by atoms with Crippen LogP contribution in [0.25, 0.3) is 0 Å². The second kappa shape index (κ2) is 10.4. The Morgan fingerprint density at radius 1 is 1.00 bits per heavy atom. The molecular weight excluding hydrogens is 286 g/mol. The summed E-state index contributed by atoms with van der Waals surface area (Å²) in [6.45, 7) is 3.93. The van der Waals surface area contributed by atoms with E-state index in [4.69, 9.17) is 14.7 Å². The highest BCUT2D eigenvalue weighted by atomic mass is 16.7. The van der Waals surface area contributed by atoms with Crippen LogP contribution in [0.1, 0.15) is 63.0 Å². The van der Waals surface area contributed by atoms with E-state index in [0.717, 1.165) is 26.1 Å². The second-order valence-electron chi connectivity index (χ2n) is 6.51. The van der Waals surface area contributed by atoms with Gasteiger partial charge in [-0.25, -0.2) is 0 Å². The van der Waals surface area contributed by atoms with E-state index in [9.17, 15) is 0 Å². The van der Waals surface area contributed by atoms with Gasteiger partial charge >= 0.3 is 0 Å². The van der Waals surface area contributed by atoms with Crippen molar-refractivity contribution in [2.75, 3.05) is 13.2 Å². The number of nitrogens with zero attached hydrogens (tertiary/aromatic N) is 1. The van der Waals surface area contributed by atoms with Gasteiger partial charge in [-0.05, 0) is 30.5 Å². The molecule has 1 aromatic carbocycles. The Kier molecular flexibility index (Phi) is 8.14. The maximum Gasteiger partial charge on any atom is 0.157 e. The van der Waals surface area contributed by atoms with Crippen LogP contribution in [0.5, 0.6) is 0 Å². The van der Waals surface area contributed by atoms with Gasteiger partial charge in [-0.1, -0.05) is 51.2 Å². The van der Waals surface area contributed by atoms with Crippen molar-refractivity contribution >= 4 is 0 Å². The highest BCUT2D eigenvalue weighted by Crippen LogP contribution is 2.20. The van der Waals surface area contributed by atoms with E-state index in [1.165, 1.54) is 44.1 Å². The molecule has 1 aromatic rings.